The molecule has 1 fully saturated rings. The van der Waals surface area contributed by atoms with E-state index in [0.29, 0.717) is 5.69 Å². The van der Waals surface area contributed by atoms with Crippen molar-refractivity contribution in [2.75, 3.05) is 23.8 Å². The molecule has 19 heavy (non-hydrogen) atoms. The van der Waals surface area contributed by atoms with Gasteiger partial charge in [-0.15, -0.1) is 0 Å². The van der Waals surface area contributed by atoms with Crippen LogP contribution in [0.15, 0.2) is 29.2 Å². The summed E-state index contributed by atoms with van der Waals surface area (Å²) in [7, 11) is -6.84. The molecule has 0 bridgehead atoms. The average Bonchev–Trinajstić information content (AvgIpc) is 2.27. The zero-order chi connectivity index (χ0) is 14.3. The van der Waals surface area contributed by atoms with E-state index < -0.39 is 25.9 Å². The number of nitrogen functional groups attached to an aromatic ring is 1. The summed E-state index contributed by atoms with van der Waals surface area (Å²) in [6, 6.07) is 5.44. The number of nitrogens with two attached hydrogens (primary N) is 1. The van der Waals surface area contributed by atoms with Crippen LogP contribution in [-0.2, 0) is 19.9 Å². The molecule has 1 heterocycles. The largest absolute Gasteiger partial charge is 0.399 e. The van der Waals surface area contributed by atoms with Gasteiger partial charge in [-0.3, -0.25) is 0 Å². The lowest BCUT2D eigenvalue weighted by Gasteiger charge is -2.32. The molecular weight excluding hydrogens is 288 g/mol. The Morgan fingerprint density at radius 3 is 2.63 bits per heavy atom. The second-order valence-corrected chi connectivity index (χ2v) is 8.77. The van der Waals surface area contributed by atoms with Crippen molar-refractivity contribution in [1.29, 1.82) is 0 Å². The van der Waals surface area contributed by atoms with Crippen LogP contribution in [0.2, 0.25) is 0 Å². The van der Waals surface area contributed by atoms with E-state index in [1.807, 2.05) is 0 Å². The molecule has 1 aliphatic rings. The van der Waals surface area contributed by atoms with Gasteiger partial charge in [0, 0.05) is 18.3 Å². The minimum atomic E-state index is -3.70. The highest BCUT2D eigenvalue weighted by molar-refractivity contribution is 7.92. The lowest BCUT2D eigenvalue weighted by atomic mass is 10.3. The monoisotopic (exact) mass is 304 g/mol. The summed E-state index contributed by atoms with van der Waals surface area (Å²) in [5.74, 6) is -0.284. The Kier molecular flexibility index (Phi) is 3.59. The van der Waals surface area contributed by atoms with Gasteiger partial charge < -0.3 is 5.73 Å². The van der Waals surface area contributed by atoms with Crippen molar-refractivity contribution < 1.29 is 16.8 Å². The highest BCUT2D eigenvalue weighted by Gasteiger charge is 2.36. The van der Waals surface area contributed by atoms with Gasteiger partial charge in [-0.2, -0.15) is 4.31 Å². The number of sulfonamides is 1. The van der Waals surface area contributed by atoms with Gasteiger partial charge in [0.25, 0.3) is 0 Å². The van der Waals surface area contributed by atoms with E-state index >= 15 is 0 Å². The van der Waals surface area contributed by atoms with Crippen molar-refractivity contribution in [3.05, 3.63) is 24.3 Å². The fraction of sp³-hybridized carbons (Fsp3) is 0.455. The molecule has 0 amide bonds. The van der Waals surface area contributed by atoms with Gasteiger partial charge in [-0.1, -0.05) is 6.07 Å². The minimum Gasteiger partial charge on any atom is -0.399 e. The number of sulfone groups is 1. The maximum atomic E-state index is 12.4. The lowest BCUT2D eigenvalue weighted by molar-refractivity contribution is 0.357. The molecule has 1 saturated heterocycles. The van der Waals surface area contributed by atoms with Crippen LogP contribution in [0.1, 0.15) is 6.92 Å². The minimum absolute atomic E-state index is 0.0133. The Balaban J connectivity index is 2.36. The van der Waals surface area contributed by atoms with E-state index in [9.17, 15) is 16.8 Å². The standard InChI is InChI=1S/C11H16N2O4S2/c1-9-8-18(14,15)6-5-13(9)19(16,17)11-4-2-3-10(12)7-11/h2-4,7,9H,5-6,8,12H2,1H3. The van der Waals surface area contributed by atoms with Crippen LogP contribution in [0.3, 0.4) is 0 Å². The second kappa shape index (κ2) is 4.77. The first kappa shape index (κ1) is 14.3. The van der Waals surface area contributed by atoms with Crippen LogP contribution >= 0.6 is 0 Å². The van der Waals surface area contributed by atoms with Crippen molar-refractivity contribution >= 4 is 25.5 Å². The number of rotatable bonds is 2. The molecule has 1 aliphatic heterocycles. The predicted molar refractivity (Wildman–Crippen MR) is 72.9 cm³/mol. The van der Waals surface area contributed by atoms with Crippen LogP contribution in [0.4, 0.5) is 5.69 Å². The van der Waals surface area contributed by atoms with Crippen molar-refractivity contribution in [3.63, 3.8) is 0 Å². The van der Waals surface area contributed by atoms with Crippen LogP contribution in [0.25, 0.3) is 0 Å². The maximum Gasteiger partial charge on any atom is 0.243 e. The first-order valence-corrected chi connectivity index (χ1v) is 9.06. The normalized spacial score (nSPS) is 24.2. The molecule has 1 aromatic carbocycles. The van der Waals surface area contributed by atoms with Gasteiger partial charge in [0.1, 0.15) is 0 Å². The van der Waals surface area contributed by atoms with E-state index in [4.69, 9.17) is 5.73 Å². The van der Waals surface area contributed by atoms with Crippen molar-refractivity contribution in [3.8, 4) is 0 Å². The SMILES string of the molecule is CC1CS(=O)(=O)CCN1S(=O)(=O)c1cccc(N)c1. The molecular formula is C11H16N2O4S2. The fourth-order valence-electron chi connectivity index (χ4n) is 2.15. The Morgan fingerprint density at radius 2 is 2.05 bits per heavy atom. The number of hydrogen-bond donors (Lipinski definition) is 1. The van der Waals surface area contributed by atoms with Gasteiger partial charge in [-0.25, -0.2) is 16.8 Å². The molecule has 1 aromatic rings. The van der Waals surface area contributed by atoms with Gasteiger partial charge in [-0.05, 0) is 25.1 Å². The molecule has 6 nitrogen and oxygen atoms in total. The summed E-state index contributed by atoms with van der Waals surface area (Å²) in [6.45, 7) is 1.58. The number of nitrogens with zero attached hydrogens (tertiary/aromatic N) is 1. The Bertz CT molecular complexity index is 682. The third kappa shape index (κ3) is 2.90. The molecule has 0 aliphatic carbocycles. The summed E-state index contributed by atoms with van der Waals surface area (Å²) < 4.78 is 49.1. The first-order chi connectivity index (χ1) is 8.72. The maximum absolute atomic E-state index is 12.4. The van der Waals surface area contributed by atoms with Crippen LogP contribution in [0.5, 0.6) is 0 Å². The first-order valence-electron chi connectivity index (χ1n) is 5.80. The molecule has 106 valence electrons. The van der Waals surface area contributed by atoms with Crippen molar-refractivity contribution in [1.82, 2.24) is 4.31 Å². The predicted octanol–water partition coefficient (Wildman–Crippen LogP) is 0.0764. The van der Waals surface area contributed by atoms with E-state index in [-0.39, 0.29) is 22.9 Å². The fourth-order valence-corrected chi connectivity index (χ4v) is 5.60. The molecule has 2 rings (SSSR count). The Morgan fingerprint density at radius 1 is 1.37 bits per heavy atom. The molecule has 8 heteroatoms. The summed E-state index contributed by atoms with van der Waals surface area (Å²) in [5.41, 5.74) is 5.94. The Labute approximate surface area is 113 Å². The molecule has 1 unspecified atom stereocenters. The number of hydrogen-bond acceptors (Lipinski definition) is 5. The van der Waals surface area contributed by atoms with Crippen LogP contribution < -0.4 is 5.73 Å². The van der Waals surface area contributed by atoms with Gasteiger partial charge in [0.15, 0.2) is 9.84 Å². The molecule has 0 aromatic heterocycles. The molecule has 0 radical (unpaired) electrons. The van der Waals surface area contributed by atoms with E-state index in [1.165, 1.54) is 16.4 Å². The molecule has 0 spiro atoms. The van der Waals surface area contributed by atoms with Gasteiger partial charge in [0.05, 0.1) is 16.4 Å². The van der Waals surface area contributed by atoms with Gasteiger partial charge >= 0.3 is 0 Å². The highest BCUT2D eigenvalue weighted by Crippen LogP contribution is 2.23. The smallest absolute Gasteiger partial charge is 0.243 e. The topological polar surface area (TPSA) is 97.5 Å². The summed E-state index contributed by atoms with van der Waals surface area (Å²) in [5, 5.41) is 0. The quantitative estimate of drug-likeness (QED) is 0.780. The summed E-state index contributed by atoms with van der Waals surface area (Å²) >= 11 is 0. The molecule has 1 atom stereocenters. The van der Waals surface area contributed by atoms with E-state index in [0.717, 1.165) is 0 Å². The zero-order valence-corrected chi connectivity index (χ0v) is 12.1. The zero-order valence-electron chi connectivity index (χ0n) is 10.5. The van der Waals surface area contributed by atoms with Crippen molar-refractivity contribution in [2.45, 2.75) is 17.9 Å². The molecule has 0 saturated carbocycles. The van der Waals surface area contributed by atoms with Crippen molar-refractivity contribution in [2.24, 2.45) is 0 Å². The Hall–Kier alpha value is -1.12. The molecule has 2 N–H and O–H groups in total. The van der Waals surface area contributed by atoms with E-state index in [1.54, 1.807) is 19.1 Å². The van der Waals surface area contributed by atoms with Crippen LogP contribution in [-0.4, -0.2) is 45.2 Å². The average molecular weight is 304 g/mol. The summed E-state index contributed by atoms with van der Waals surface area (Å²) in [6.07, 6.45) is 0. The van der Waals surface area contributed by atoms with E-state index in [2.05, 4.69) is 0 Å². The third-order valence-corrected chi connectivity index (χ3v) is 6.88. The second-order valence-electron chi connectivity index (χ2n) is 4.65. The lowest BCUT2D eigenvalue weighted by Crippen LogP contribution is -2.49. The summed E-state index contributed by atoms with van der Waals surface area (Å²) in [4.78, 5) is 0.0960. The highest BCUT2D eigenvalue weighted by atomic mass is 32.2. The third-order valence-electron chi connectivity index (χ3n) is 3.07. The number of anilines is 1. The van der Waals surface area contributed by atoms with Gasteiger partial charge in [0.2, 0.25) is 10.0 Å². The number of benzene rings is 1. The van der Waals surface area contributed by atoms with Crippen LogP contribution in [0, 0.1) is 0 Å².